The Morgan fingerprint density at radius 3 is 2.48 bits per heavy atom. The summed E-state index contributed by atoms with van der Waals surface area (Å²) in [7, 11) is 0. The SMILES string of the molecule is O=C(NCC1(c2ccccc2)CC1)c1cc(Cl)ccc1Cl. The molecule has 1 aliphatic rings. The Morgan fingerprint density at radius 2 is 1.81 bits per heavy atom. The summed E-state index contributed by atoms with van der Waals surface area (Å²) in [4.78, 5) is 12.3. The molecule has 0 radical (unpaired) electrons. The van der Waals surface area contributed by atoms with Gasteiger partial charge in [0.15, 0.2) is 0 Å². The maximum Gasteiger partial charge on any atom is 0.252 e. The fourth-order valence-corrected chi connectivity index (χ4v) is 2.90. The minimum absolute atomic E-state index is 0.0853. The first kappa shape index (κ1) is 14.4. The molecule has 0 spiro atoms. The minimum Gasteiger partial charge on any atom is -0.351 e. The van der Waals surface area contributed by atoms with Gasteiger partial charge in [0.2, 0.25) is 0 Å². The van der Waals surface area contributed by atoms with Gasteiger partial charge < -0.3 is 5.32 Å². The van der Waals surface area contributed by atoms with E-state index in [0.717, 1.165) is 12.8 Å². The molecule has 2 aromatic carbocycles. The van der Waals surface area contributed by atoms with E-state index in [1.807, 2.05) is 18.2 Å². The summed E-state index contributed by atoms with van der Waals surface area (Å²) in [6, 6.07) is 15.2. The van der Waals surface area contributed by atoms with Gasteiger partial charge in [0.05, 0.1) is 10.6 Å². The van der Waals surface area contributed by atoms with Crippen molar-refractivity contribution in [1.29, 1.82) is 0 Å². The lowest BCUT2D eigenvalue weighted by atomic mass is 9.96. The molecule has 0 aliphatic heterocycles. The molecular weight excluding hydrogens is 305 g/mol. The molecule has 21 heavy (non-hydrogen) atoms. The average molecular weight is 320 g/mol. The summed E-state index contributed by atoms with van der Waals surface area (Å²) in [6.07, 6.45) is 2.20. The summed E-state index contributed by atoms with van der Waals surface area (Å²) < 4.78 is 0. The van der Waals surface area contributed by atoms with Crippen molar-refractivity contribution in [2.45, 2.75) is 18.3 Å². The molecule has 4 heteroatoms. The summed E-state index contributed by atoms with van der Waals surface area (Å²) in [6.45, 7) is 0.624. The monoisotopic (exact) mass is 319 g/mol. The van der Waals surface area contributed by atoms with Gasteiger partial charge in [-0.05, 0) is 36.6 Å². The first-order valence-electron chi connectivity index (χ1n) is 6.90. The second kappa shape index (κ2) is 5.70. The van der Waals surface area contributed by atoms with E-state index in [-0.39, 0.29) is 11.3 Å². The van der Waals surface area contributed by atoms with Gasteiger partial charge in [0, 0.05) is 17.0 Å². The second-order valence-corrected chi connectivity index (χ2v) is 6.30. The fraction of sp³-hybridized carbons (Fsp3) is 0.235. The van der Waals surface area contributed by atoms with Crippen LogP contribution >= 0.6 is 23.2 Å². The van der Waals surface area contributed by atoms with Gasteiger partial charge in [0.1, 0.15) is 0 Å². The molecule has 0 unspecified atom stereocenters. The van der Waals surface area contributed by atoms with Crippen molar-refractivity contribution < 1.29 is 4.79 Å². The Bertz CT molecular complexity index is 666. The Morgan fingerprint density at radius 1 is 1.10 bits per heavy atom. The molecule has 3 rings (SSSR count). The van der Waals surface area contributed by atoms with E-state index >= 15 is 0 Å². The molecule has 1 saturated carbocycles. The van der Waals surface area contributed by atoms with E-state index in [9.17, 15) is 4.79 Å². The first-order chi connectivity index (χ1) is 10.1. The van der Waals surface area contributed by atoms with E-state index in [1.165, 1.54) is 5.56 Å². The highest BCUT2D eigenvalue weighted by Crippen LogP contribution is 2.47. The number of hydrogen-bond acceptors (Lipinski definition) is 1. The van der Waals surface area contributed by atoms with E-state index in [1.54, 1.807) is 18.2 Å². The molecule has 0 saturated heterocycles. The van der Waals surface area contributed by atoms with Crippen molar-refractivity contribution in [3.63, 3.8) is 0 Å². The Kier molecular flexibility index (Phi) is 3.92. The van der Waals surface area contributed by atoms with Crippen LogP contribution in [0.25, 0.3) is 0 Å². The van der Waals surface area contributed by atoms with Gasteiger partial charge in [-0.25, -0.2) is 0 Å². The van der Waals surface area contributed by atoms with Crippen molar-refractivity contribution in [3.8, 4) is 0 Å². The lowest BCUT2D eigenvalue weighted by Gasteiger charge is -2.17. The molecule has 0 aromatic heterocycles. The van der Waals surface area contributed by atoms with Gasteiger partial charge in [-0.3, -0.25) is 4.79 Å². The van der Waals surface area contributed by atoms with Crippen molar-refractivity contribution in [2.24, 2.45) is 0 Å². The molecule has 108 valence electrons. The standard InChI is InChI=1S/C17H15Cl2NO/c18-13-6-7-15(19)14(10-13)16(21)20-11-17(8-9-17)12-4-2-1-3-5-12/h1-7,10H,8-9,11H2,(H,20,21). The molecule has 1 N–H and O–H groups in total. The number of nitrogens with one attached hydrogen (secondary N) is 1. The van der Waals surface area contributed by atoms with Crippen LogP contribution in [0, 0.1) is 0 Å². The third-order valence-electron chi connectivity index (χ3n) is 4.00. The summed E-state index contributed by atoms with van der Waals surface area (Å²) >= 11 is 12.0. The maximum absolute atomic E-state index is 12.3. The molecule has 0 heterocycles. The van der Waals surface area contributed by atoms with Gasteiger partial charge in [0.25, 0.3) is 5.91 Å². The van der Waals surface area contributed by atoms with Crippen LogP contribution in [-0.4, -0.2) is 12.5 Å². The van der Waals surface area contributed by atoms with Crippen molar-refractivity contribution in [2.75, 3.05) is 6.54 Å². The van der Waals surface area contributed by atoms with Gasteiger partial charge in [-0.2, -0.15) is 0 Å². The molecule has 1 fully saturated rings. The van der Waals surface area contributed by atoms with Gasteiger partial charge in [-0.1, -0.05) is 53.5 Å². The van der Waals surface area contributed by atoms with Crippen LogP contribution in [0.2, 0.25) is 10.0 Å². The van der Waals surface area contributed by atoms with Crippen molar-refractivity contribution >= 4 is 29.1 Å². The summed E-state index contributed by atoms with van der Waals surface area (Å²) in [5.41, 5.74) is 1.79. The molecule has 0 atom stereocenters. The topological polar surface area (TPSA) is 29.1 Å². The lowest BCUT2D eigenvalue weighted by Crippen LogP contribution is -2.32. The zero-order valence-electron chi connectivity index (χ0n) is 11.4. The molecule has 1 aliphatic carbocycles. The number of carbonyl (C=O) groups excluding carboxylic acids is 1. The van der Waals surface area contributed by atoms with E-state index in [2.05, 4.69) is 17.4 Å². The highest BCUT2D eigenvalue weighted by Gasteiger charge is 2.44. The van der Waals surface area contributed by atoms with E-state index in [0.29, 0.717) is 22.2 Å². The molecule has 1 amide bonds. The van der Waals surface area contributed by atoms with Crippen molar-refractivity contribution in [1.82, 2.24) is 5.32 Å². The number of hydrogen-bond donors (Lipinski definition) is 1. The average Bonchev–Trinajstić information content (AvgIpc) is 3.29. The number of halogens is 2. The number of carbonyl (C=O) groups is 1. The third kappa shape index (κ3) is 3.07. The molecular formula is C17H15Cl2NO. The van der Waals surface area contributed by atoms with Crippen LogP contribution in [0.15, 0.2) is 48.5 Å². The maximum atomic E-state index is 12.3. The lowest BCUT2D eigenvalue weighted by molar-refractivity contribution is 0.0950. The predicted octanol–water partition coefficient (Wildman–Crippen LogP) is 4.46. The summed E-state index contributed by atoms with van der Waals surface area (Å²) in [5.74, 6) is -0.176. The molecule has 2 nitrogen and oxygen atoms in total. The van der Waals surface area contributed by atoms with Crippen LogP contribution in [0.1, 0.15) is 28.8 Å². The van der Waals surface area contributed by atoms with E-state index < -0.39 is 0 Å². The number of benzene rings is 2. The third-order valence-corrected chi connectivity index (χ3v) is 4.56. The molecule has 0 bridgehead atoms. The van der Waals surface area contributed by atoms with Gasteiger partial charge >= 0.3 is 0 Å². The zero-order valence-corrected chi connectivity index (χ0v) is 12.9. The Hall–Kier alpha value is -1.51. The van der Waals surface area contributed by atoms with Crippen LogP contribution in [0.4, 0.5) is 0 Å². The number of rotatable bonds is 4. The molecule has 2 aromatic rings. The van der Waals surface area contributed by atoms with Crippen LogP contribution < -0.4 is 5.32 Å². The van der Waals surface area contributed by atoms with E-state index in [4.69, 9.17) is 23.2 Å². The predicted molar refractivity (Wildman–Crippen MR) is 86.1 cm³/mol. The Balaban J connectivity index is 1.71. The quantitative estimate of drug-likeness (QED) is 0.886. The highest BCUT2D eigenvalue weighted by molar-refractivity contribution is 6.35. The van der Waals surface area contributed by atoms with Gasteiger partial charge in [-0.15, -0.1) is 0 Å². The summed E-state index contributed by atoms with van der Waals surface area (Å²) in [5, 5.41) is 3.91. The fourth-order valence-electron chi connectivity index (χ4n) is 2.53. The van der Waals surface area contributed by atoms with Crippen LogP contribution in [-0.2, 0) is 5.41 Å². The Labute approximate surface area is 134 Å². The first-order valence-corrected chi connectivity index (χ1v) is 7.65. The normalized spacial score (nSPS) is 15.5. The highest BCUT2D eigenvalue weighted by atomic mass is 35.5. The van der Waals surface area contributed by atoms with Crippen molar-refractivity contribution in [3.05, 3.63) is 69.7 Å². The van der Waals surface area contributed by atoms with Crippen LogP contribution in [0.5, 0.6) is 0 Å². The number of amides is 1. The largest absolute Gasteiger partial charge is 0.351 e. The second-order valence-electron chi connectivity index (χ2n) is 5.45. The minimum atomic E-state index is -0.176. The van der Waals surface area contributed by atoms with Crippen LogP contribution in [0.3, 0.4) is 0 Å². The smallest absolute Gasteiger partial charge is 0.252 e. The zero-order chi connectivity index (χ0) is 14.9.